The number of nitrogens with zero attached hydrogens (tertiary/aromatic N) is 1. The van der Waals surface area contributed by atoms with Crippen LogP contribution in [-0.4, -0.2) is 57.4 Å². The van der Waals surface area contributed by atoms with Crippen LogP contribution >= 0.6 is 0 Å². The van der Waals surface area contributed by atoms with Gasteiger partial charge in [-0.15, -0.1) is 0 Å². The zero-order valence-electron chi connectivity index (χ0n) is 9.19. The van der Waals surface area contributed by atoms with Gasteiger partial charge in [0.25, 0.3) is 0 Å². The molecule has 15 heavy (non-hydrogen) atoms. The van der Waals surface area contributed by atoms with E-state index in [1.165, 1.54) is 4.90 Å². The SMILES string of the molecule is CCN(C)C(=O)CS(=O)(=O)CC1CNC1. The average molecular weight is 234 g/mol. The van der Waals surface area contributed by atoms with E-state index < -0.39 is 9.84 Å². The number of sulfone groups is 1. The van der Waals surface area contributed by atoms with E-state index in [1.807, 2.05) is 6.92 Å². The summed E-state index contributed by atoms with van der Waals surface area (Å²) in [4.78, 5) is 12.8. The van der Waals surface area contributed by atoms with Crippen LogP contribution in [0.5, 0.6) is 0 Å². The topological polar surface area (TPSA) is 66.5 Å². The molecule has 1 N–H and O–H groups in total. The maximum Gasteiger partial charge on any atom is 0.237 e. The molecule has 1 rings (SSSR count). The minimum atomic E-state index is -3.23. The van der Waals surface area contributed by atoms with Gasteiger partial charge < -0.3 is 10.2 Å². The molecular formula is C9H18N2O3S. The zero-order valence-corrected chi connectivity index (χ0v) is 10.0. The van der Waals surface area contributed by atoms with Crippen molar-refractivity contribution in [2.45, 2.75) is 6.92 Å². The third-order valence-corrected chi connectivity index (χ3v) is 4.27. The molecule has 1 aliphatic rings. The van der Waals surface area contributed by atoms with Crippen molar-refractivity contribution >= 4 is 15.7 Å². The maximum atomic E-state index is 11.6. The van der Waals surface area contributed by atoms with Crippen molar-refractivity contribution in [1.29, 1.82) is 0 Å². The van der Waals surface area contributed by atoms with Crippen molar-refractivity contribution in [1.82, 2.24) is 10.2 Å². The van der Waals surface area contributed by atoms with Crippen LogP contribution in [0.25, 0.3) is 0 Å². The Kier molecular flexibility index (Phi) is 4.10. The minimum absolute atomic E-state index is 0.128. The lowest BCUT2D eigenvalue weighted by atomic mass is 10.1. The molecule has 0 aliphatic carbocycles. The van der Waals surface area contributed by atoms with Crippen molar-refractivity contribution in [3.8, 4) is 0 Å². The molecule has 0 aromatic carbocycles. The number of rotatable bonds is 5. The van der Waals surface area contributed by atoms with Crippen LogP contribution in [-0.2, 0) is 14.6 Å². The fourth-order valence-electron chi connectivity index (χ4n) is 1.36. The summed E-state index contributed by atoms with van der Waals surface area (Å²) >= 11 is 0. The van der Waals surface area contributed by atoms with Crippen LogP contribution in [0, 0.1) is 5.92 Å². The molecule has 0 radical (unpaired) electrons. The van der Waals surface area contributed by atoms with Crippen LogP contribution in [0.2, 0.25) is 0 Å². The fourth-order valence-corrected chi connectivity index (χ4v) is 3.03. The van der Waals surface area contributed by atoms with Gasteiger partial charge in [-0.1, -0.05) is 0 Å². The molecule has 0 atom stereocenters. The molecule has 0 bridgehead atoms. The Balaban J connectivity index is 2.44. The Morgan fingerprint density at radius 2 is 2.07 bits per heavy atom. The first-order chi connectivity index (χ1) is 6.94. The Hall–Kier alpha value is -0.620. The van der Waals surface area contributed by atoms with Crippen LogP contribution in [0.3, 0.4) is 0 Å². The number of carbonyl (C=O) groups excluding carboxylic acids is 1. The van der Waals surface area contributed by atoms with E-state index in [0.717, 1.165) is 13.1 Å². The van der Waals surface area contributed by atoms with E-state index in [0.29, 0.717) is 6.54 Å². The molecule has 1 saturated heterocycles. The van der Waals surface area contributed by atoms with Crippen LogP contribution in [0.1, 0.15) is 6.92 Å². The van der Waals surface area contributed by atoms with Gasteiger partial charge in [-0.3, -0.25) is 4.79 Å². The Morgan fingerprint density at radius 3 is 2.47 bits per heavy atom. The number of hydrogen-bond acceptors (Lipinski definition) is 4. The average Bonchev–Trinajstić information content (AvgIpc) is 2.09. The van der Waals surface area contributed by atoms with Crippen molar-refractivity contribution in [2.75, 3.05) is 38.2 Å². The van der Waals surface area contributed by atoms with E-state index in [2.05, 4.69) is 5.32 Å². The third kappa shape index (κ3) is 3.79. The highest BCUT2D eigenvalue weighted by Crippen LogP contribution is 2.08. The molecule has 1 fully saturated rings. The highest BCUT2D eigenvalue weighted by atomic mass is 32.2. The summed E-state index contributed by atoms with van der Waals surface area (Å²) < 4.78 is 23.2. The van der Waals surface area contributed by atoms with E-state index in [9.17, 15) is 13.2 Å². The van der Waals surface area contributed by atoms with Gasteiger partial charge in [0, 0.05) is 26.7 Å². The van der Waals surface area contributed by atoms with Crippen LogP contribution < -0.4 is 5.32 Å². The molecule has 0 saturated carbocycles. The lowest BCUT2D eigenvalue weighted by molar-refractivity contribution is -0.126. The Morgan fingerprint density at radius 1 is 1.47 bits per heavy atom. The Bertz CT molecular complexity index is 322. The molecule has 1 heterocycles. The molecule has 0 aromatic rings. The summed E-state index contributed by atoms with van der Waals surface area (Å²) in [7, 11) is -1.61. The van der Waals surface area contributed by atoms with Crippen molar-refractivity contribution < 1.29 is 13.2 Å². The molecule has 0 spiro atoms. The second-order valence-electron chi connectivity index (χ2n) is 3.99. The van der Waals surface area contributed by atoms with E-state index in [1.54, 1.807) is 7.05 Å². The second-order valence-corrected chi connectivity index (χ2v) is 6.10. The van der Waals surface area contributed by atoms with Crippen molar-refractivity contribution in [3.63, 3.8) is 0 Å². The largest absolute Gasteiger partial charge is 0.345 e. The van der Waals surface area contributed by atoms with E-state index in [-0.39, 0.29) is 23.3 Å². The summed E-state index contributed by atoms with van der Waals surface area (Å²) in [5.74, 6) is -0.351. The van der Waals surface area contributed by atoms with E-state index in [4.69, 9.17) is 0 Å². The molecule has 88 valence electrons. The van der Waals surface area contributed by atoms with Gasteiger partial charge in [-0.05, 0) is 12.8 Å². The molecule has 0 aromatic heterocycles. The molecule has 1 amide bonds. The maximum absolute atomic E-state index is 11.6. The number of amides is 1. The summed E-state index contributed by atoms with van der Waals surface area (Å²) in [6.45, 7) is 3.85. The van der Waals surface area contributed by atoms with Crippen LogP contribution in [0.15, 0.2) is 0 Å². The molecule has 1 aliphatic heterocycles. The summed E-state index contributed by atoms with van der Waals surface area (Å²) in [6, 6.07) is 0. The van der Waals surface area contributed by atoms with Crippen molar-refractivity contribution in [3.05, 3.63) is 0 Å². The van der Waals surface area contributed by atoms with Gasteiger partial charge in [0.15, 0.2) is 9.84 Å². The number of nitrogens with one attached hydrogen (secondary N) is 1. The van der Waals surface area contributed by atoms with Gasteiger partial charge in [-0.25, -0.2) is 8.42 Å². The summed E-state index contributed by atoms with van der Waals surface area (Å²) in [5.41, 5.74) is 0. The Labute approximate surface area is 90.7 Å². The highest BCUT2D eigenvalue weighted by Gasteiger charge is 2.26. The predicted octanol–water partition coefficient (Wildman–Crippen LogP) is -0.901. The molecule has 0 unspecified atom stereocenters. The monoisotopic (exact) mass is 234 g/mol. The molecular weight excluding hydrogens is 216 g/mol. The summed E-state index contributed by atoms with van der Waals surface area (Å²) in [6.07, 6.45) is 0. The van der Waals surface area contributed by atoms with Crippen molar-refractivity contribution in [2.24, 2.45) is 5.92 Å². The predicted molar refractivity (Wildman–Crippen MR) is 58.3 cm³/mol. The van der Waals surface area contributed by atoms with Gasteiger partial charge >= 0.3 is 0 Å². The first-order valence-electron chi connectivity index (χ1n) is 5.09. The van der Waals surface area contributed by atoms with Gasteiger partial charge in [0.1, 0.15) is 5.75 Å². The quantitative estimate of drug-likeness (QED) is 0.669. The lowest BCUT2D eigenvalue weighted by Crippen LogP contribution is -2.46. The van der Waals surface area contributed by atoms with Gasteiger partial charge in [-0.2, -0.15) is 0 Å². The smallest absolute Gasteiger partial charge is 0.237 e. The normalized spacial score (nSPS) is 17.2. The van der Waals surface area contributed by atoms with Crippen LogP contribution in [0.4, 0.5) is 0 Å². The lowest BCUT2D eigenvalue weighted by Gasteiger charge is -2.26. The first kappa shape index (κ1) is 12.4. The molecule has 6 heteroatoms. The first-order valence-corrected chi connectivity index (χ1v) is 6.92. The van der Waals surface area contributed by atoms with Gasteiger partial charge in [0.2, 0.25) is 5.91 Å². The fraction of sp³-hybridized carbons (Fsp3) is 0.889. The summed E-state index contributed by atoms with van der Waals surface area (Å²) in [5, 5.41) is 3.01. The molecule has 5 nitrogen and oxygen atoms in total. The standard InChI is InChI=1S/C9H18N2O3S/c1-3-11(2)9(12)7-15(13,14)6-8-4-10-5-8/h8,10H,3-7H2,1-2H3. The van der Waals surface area contributed by atoms with Gasteiger partial charge in [0.05, 0.1) is 5.75 Å². The zero-order chi connectivity index (χ0) is 11.5. The second kappa shape index (κ2) is 4.94. The third-order valence-electron chi connectivity index (χ3n) is 2.60. The number of hydrogen-bond donors (Lipinski definition) is 1. The van der Waals surface area contributed by atoms with E-state index >= 15 is 0 Å². The number of carbonyl (C=O) groups is 1. The minimum Gasteiger partial charge on any atom is -0.345 e. The highest BCUT2D eigenvalue weighted by molar-refractivity contribution is 7.92.